The first-order chi connectivity index (χ1) is 10.3. The van der Waals surface area contributed by atoms with Gasteiger partial charge in [-0.3, -0.25) is 0 Å². The van der Waals surface area contributed by atoms with Crippen molar-refractivity contribution in [2.45, 2.75) is 18.8 Å². The zero-order chi connectivity index (χ0) is 14.2. The number of hydrogen-bond acceptors (Lipinski definition) is 3. The number of benzene rings is 2. The molecule has 1 saturated carbocycles. The molecule has 0 radical (unpaired) electrons. The van der Waals surface area contributed by atoms with Gasteiger partial charge in [-0.2, -0.15) is 4.98 Å². The summed E-state index contributed by atoms with van der Waals surface area (Å²) in [5.41, 5.74) is 3.00. The molecule has 4 rings (SSSR count). The Labute approximate surface area is 121 Å². The van der Waals surface area contributed by atoms with Crippen molar-refractivity contribution in [3.63, 3.8) is 0 Å². The zero-order valence-corrected chi connectivity index (χ0v) is 11.3. The third-order valence-electron chi connectivity index (χ3n) is 3.71. The van der Waals surface area contributed by atoms with Gasteiger partial charge in [-0.25, -0.2) is 4.39 Å². The molecule has 0 N–H and O–H groups in total. The highest BCUT2D eigenvalue weighted by Crippen LogP contribution is 2.41. The molecule has 4 heteroatoms. The molecule has 1 fully saturated rings. The average molecular weight is 280 g/mol. The lowest BCUT2D eigenvalue weighted by atomic mass is 10.1. The summed E-state index contributed by atoms with van der Waals surface area (Å²) in [4.78, 5) is 4.40. The number of rotatable bonds is 3. The highest BCUT2D eigenvalue weighted by Gasteiger charge is 2.24. The van der Waals surface area contributed by atoms with Gasteiger partial charge >= 0.3 is 0 Å². The second-order valence-corrected chi connectivity index (χ2v) is 5.33. The second-order valence-electron chi connectivity index (χ2n) is 5.33. The van der Waals surface area contributed by atoms with Gasteiger partial charge in [0, 0.05) is 11.1 Å². The third-order valence-corrected chi connectivity index (χ3v) is 3.71. The molecule has 0 unspecified atom stereocenters. The summed E-state index contributed by atoms with van der Waals surface area (Å²) in [6.45, 7) is 0. The van der Waals surface area contributed by atoms with E-state index in [9.17, 15) is 4.39 Å². The van der Waals surface area contributed by atoms with Crippen LogP contribution in [0.2, 0.25) is 0 Å². The first-order valence-electron chi connectivity index (χ1n) is 6.99. The number of aromatic nitrogens is 2. The predicted octanol–water partition coefficient (Wildman–Crippen LogP) is 4.42. The number of nitrogens with zero attached hydrogens (tertiary/aromatic N) is 2. The van der Waals surface area contributed by atoms with Gasteiger partial charge in [0.25, 0.3) is 5.89 Å². The molecule has 3 nitrogen and oxygen atoms in total. The fraction of sp³-hybridized carbons (Fsp3) is 0.176. The van der Waals surface area contributed by atoms with Crippen molar-refractivity contribution < 1.29 is 8.91 Å². The SMILES string of the molecule is Fc1ccc(-c2noc(-c3cccc(C4CC4)c3)n2)cc1. The van der Waals surface area contributed by atoms with Gasteiger partial charge in [-0.05, 0) is 60.7 Å². The molecule has 1 aliphatic carbocycles. The van der Waals surface area contributed by atoms with E-state index in [0.717, 1.165) is 11.1 Å². The Morgan fingerprint density at radius 2 is 1.81 bits per heavy atom. The molecule has 3 aromatic rings. The van der Waals surface area contributed by atoms with Gasteiger partial charge in [0.15, 0.2) is 0 Å². The second kappa shape index (κ2) is 4.81. The number of halogens is 1. The number of hydrogen-bond donors (Lipinski definition) is 0. The molecule has 104 valence electrons. The zero-order valence-electron chi connectivity index (χ0n) is 11.3. The molecule has 0 saturated heterocycles. The molecule has 21 heavy (non-hydrogen) atoms. The summed E-state index contributed by atoms with van der Waals surface area (Å²) in [5.74, 6) is 1.38. The monoisotopic (exact) mass is 280 g/mol. The molecule has 0 amide bonds. The highest BCUT2D eigenvalue weighted by atomic mass is 19.1. The van der Waals surface area contributed by atoms with Gasteiger partial charge in [0.1, 0.15) is 5.82 Å². The maximum atomic E-state index is 12.9. The van der Waals surface area contributed by atoms with E-state index in [1.165, 1.54) is 30.5 Å². The normalized spacial score (nSPS) is 14.3. The van der Waals surface area contributed by atoms with E-state index in [4.69, 9.17) is 4.52 Å². The van der Waals surface area contributed by atoms with Gasteiger partial charge in [-0.1, -0.05) is 17.3 Å². The Morgan fingerprint density at radius 1 is 1.00 bits per heavy atom. The minimum Gasteiger partial charge on any atom is -0.334 e. The lowest BCUT2D eigenvalue weighted by molar-refractivity contribution is 0.432. The van der Waals surface area contributed by atoms with Crippen molar-refractivity contribution in [2.75, 3.05) is 0 Å². The predicted molar refractivity (Wildman–Crippen MR) is 77.1 cm³/mol. The van der Waals surface area contributed by atoms with Crippen molar-refractivity contribution in [3.8, 4) is 22.8 Å². The topological polar surface area (TPSA) is 38.9 Å². The first-order valence-corrected chi connectivity index (χ1v) is 6.99. The van der Waals surface area contributed by atoms with Crippen LogP contribution in [0.25, 0.3) is 22.8 Å². The molecular weight excluding hydrogens is 267 g/mol. The fourth-order valence-electron chi connectivity index (χ4n) is 2.40. The van der Waals surface area contributed by atoms with E-state index in [1.807, 2.05) is 12.1 Å². The van der Waals surface area contributed by atoms with Crippen molar-refractivity contribution >= 4 is 0 Å². The standard InChI is InChI=1S/C17H13FN2O/c18-15-8-6-12(7-9-15)16-19-17(21-20-16)14-3-1-2-13(10-14)11-4-5-11/h1-3,6-11H,4-5H2. The van der Waals surface area contributed by atoms with E-state index in [1.54, 1.807) is 12.1 Å². The average Bonchev–Trinajstić information content (AvgIpc) is 3.26. The lowest BCUT2D eigenvalue weighted by Crippen LogP contribution is -1.84. The maximum Gasteiger partial charge on any atom is 0.258 e. The van der Waals surface area contributed by atoms with Gasteiger partial charge in [0.2, 0.25) is 5.82 Å². The molecule has 1 heterocycles. The van der Waals surface area contributed by atoms with Crippen LogP contribution in [0, 0.1) is 5.82 Å². The summed E-state index contributed by atoms with van der Waals surface area (Å²) < 4.78 is 18.3. The van der Waals surface area contributed by atoms with Gasteiger partial charge < -0.3 is 4.52 Å². The minimum absolute atomic E-state index is 0.278. The van der Waals surface area contributed by atoms with Crippen molar-refractivity contribution in [1.29, 1.82) is 0 Å². The molecule has 2 aromatic carbocycles. The summed E-state index contributed by atoms with van der Waals surface area (Å²) >= 11 is 0. The van der Waals surface area contributed by atoms with Gasteiger partial charge in [0.05, 0.1) is 0 Å². The molecular formula is C17H13FN2O. The van der Waals surface area contributed by atoms with Crippen LogP contribution in [0.3, 0.4) is 0 Å². The van der Waals surface area contributed by atoms with E-state index in [2.05, 4.69) is 22.3 Å². The van der Waals surface area contributed by atoms with Crippen LogP contribution >= 0.6 is 0 Å². The third kappa shape index (κ3) is 2.44. The summed E-state index contributed by atoms with van der Waals surface area (Å²) in [7, 11) is 0. The van der Waals surface area contributed by atoms with Crippen molar-refractivity contribution in [3.05, 3.63) is 59.9 Å². The Morgan fingerprint density at radius 3 is 2.57 bits per heavy atom. The molecule has 0 bridgehead atoms. The Balaban J connectivity index is 1.67. The largest absolute Gasteiger partial charge is 0.334 e. The van der Waals surface area contributed by atoms with Crippen molar-refractivity contribution in [2.24, 2.45) is 0 Å². The molecule has 0 spiro atoms. The Hall–Kier alpha value is -2.49. The van der Waals surface area contributed by atoms with E-state index >= 15 is 0 Å². The van der Waals surface area contributed by atoms with Crippen LogP contribution in [0.4, 0.5) is 4.39 Å². The molecule has 1 aliphatic rings. The van der Waals surface area contributed by atoms with E-state index in [-0.39, 0.29) is 5.82 Å². The first kappa shape index (κ1) is 12.3. The minimum atomic E-state index is -0.278. The van der Waals surface area contributed by atoms with Crippen LogP contribution in [0.15, 0.2) is 53.1 Å². The quantitative estimate of drug-likeness (QED) is 0.713. The fourth-order valence-corrected chi connectivity index (χ4v) is 2.40. The lowest BCUT2D eigenvalue weighted by Gasteiger charge is -1.99. The van der Waals surface area contributed by atoms with E-state index in [0.29, 0.717) is 17.6 Å². The summed E-state index contributed by atoms with van der Waals surface area (Å²) in [5, 5.41) is 3.97. The summed E-state index contributed by atoms with van der Waals surface area (Å²) in [6, 6.07) is 14.3. The van der Waals surface area contributed by atoms with Gasteiger partial charge in [-0.15, -0.1) is 0 Å². The molecule has 1 aromatic heterocycles. The Bertz CT molecular complexity index is 775. The van der Waals surface area contributed by atoms with Crippen LogP contribution in [0.1, 0.15) is 24.3 Å². The molecule has 0 aliphatic heterocycles. The van der Waals surface area contributed by atoms with Crippen molar-refractivity contribution in [1.82, 2.24) is 10.1 Å². The van der Waals surface area contributed by atoms with Crippen LogP contribution in [0.5, 0.6) is 0 Å². The van der Waals surface area contributed by atoms with Crippen LogP contribution in [-0.2, 0) is 0 Å². The van der Waals surface area contributed by atoms with E-state index < -0.39 is 0 Å². The smallest absolute Gasteiger partial charge is 0.258 e. The maximum absolute atomic E-state index is 12.9. The Kier molecular flexibility index (Phi) is 2.81. The highest BCUT2D eigenvalue weighted by molar-refractivity contribution is 5.60. The van der Waals surface area contributed by atoms with Crippen LogP contribution in [-0.4, -0.2) is 10.1 Å². The van der Waals surface area contributed by atoms with Crippen LogP contribution < -0.4 is 0 Å². The summed E-state index contributed by atoms with van der Waals surface area (Å²) in [6.07, 6.45) is 2.52. The molecule has 0 atom stereocenters.